The molecule has 7 heteroatoms. The molecule has 0 amide bonds. The number of aliphatic hydroxyl groups excluding tert-OH is 1. The molecule has 0 fully saturated rings. The van der Waals surface area contributed by atoms with Crippen LogP contribution in [0.1, 0.15) is 47.2 Å². The molecule has 1 radical (unpaired) electrons. The summed E-state index contributed by atoms with van der Waals surface area (Å²) in [5.74, 6) is -0.0625. The van der Waals surface area contributed by atoms with Crippen molar-refractivity contribution in [2.24, 2.45) is 0 Å². The van der Waals surface area contributed by atoms with Gasteiger partial charge in [-0.1, -0.05) is 43.2 Å². The second-order valence-corrected chi connectivity index (χ2v) is 9.06. The van der Waals surface area contributed by atoms with Gasteiger partial charge in [-0.2, -0.15) is 10.5 Å². The van der Waals surface area contributed by atoms with Crippen molar-refractivity contribution in [1.29, 1.82) is 10.5 Å². The van der Waals surface area contributed by atoms with Crippen molar-refractivity contribution in [1.82, 2.24) is 9.97 Å². The number of allylic oxidation sites excluding steroid dienone is 2. The monoisotopic (exact) mass is 680 g/mol. The second kappa shape index (κ2) is 12.9. The molecule has 0 saturated carbocycles. The first kappa shape index (κ1) is 30.1. The quantitative estimate of drug-likeness (QED) is 0.145. The zero-order chi connectivity index (χ0) is 27.3. The molecule has 6 nitrogen and oxygen atoms in total. The normalized spacial score (nSPS) is 10.5. The summed E-state index contributed by atoms with van der Waals surface area (Å²) in [7, 11) is 0. The van der Waals surface area contributed by atoms with Gasteiger partial charge in [-0.3, -0.25) is 14.8 Å². The van der Waals surface area contributed by atoms with Gasteiger partial charge >= 0.3 is 0 Å². The molecule has 0 aliphatic carbocycles. The van der Waals surface area contributed by atoms with Crippen molar-refractivity contribution in [2.75, 3.05) is 0 Å². The Kier molecular flexibility index (Phi) is 10.2. The zero-order valence-electron chi connectivity index (χ0n) is 22.1. The number of nitrogens with zero attached hydrogens (tertiary/aromatic N) is 4. The van der Waals surface area contributed by atoms with Crippen molar-refractivity contribution in [3.05, 3.63) is 93.7 Å². The molecule has 0 saturated heterocycles. The Balaban J connectivity index is 0.000000561. The summed E-state index contributed by atoms with van der Waals surface area (Å²) >= 11 is 0. The second-order valence-electron chi connectivity index (χ2n) is 9.06. The summed E-state index contributed by atoms with van der Waals surface area (Å²) < 4.78 is 0. The van der Waals surface area contributed by atoms with E-state index in [1.54, 1.807) is 12.1 Å². The molecular formula is C31H27IrN4O2-. The molecule has 0 bridgehead atoms. The minimum Gasteiger partial charge on any atom is -0.512 e. The van der Waals surface area contributed by atoms with Gasteiger partial charge in [0.25, 0.3) is 0 Å². The number of aryl methyl sites for hydroxylation is 4. The van der Waals surface area contributed by atoms with Crippen LogP contribution in [0.2, 0.25) is 0 Å². The summed E-state index contributed by atoms with van der Waals surface area (Å²) in [4.78, 5) is 19.8. The number of hydrogen-bond donors (Lipinski definition) is 1. The number of aromatic nitrogens is 2. The topological polar surface area (TPSA) is 111 Å². The van der Waals surface area contributed by atoms with Crippen molar-refractivity contribution in [2.45, 2.75) is 41.5 Å². The Morgan fingerprint density at radius 1 is 0.816 bits per heavy atom. The first-order chi connectivity index (χ1) is 17.5. The smallest absolute Gasteiger partial charge is 0.155 e. The molecule has 1 N–H and O–H groups in total. The summed E-state index contributed by atoms with van der Waals surface area (Å²) in [5.41, 5.74) is 9.48. The number of aliphatic hydroxyl groups is 1. The van der Waals surface area contributed by atoms with Crippen molar-refractivity contribution in [3.8, 4) is 34.7 Å². The molecule has 0 aliphatic heterocycles. The molecular weight excluding hydrogens is 653 g/mol. The van der Waals surface area contributed by atoms with Crippen LogP contribution in [0.3, 0.4) is 0 Å². The average molecular weight is 680 g/mol. The first-order valence-corrected chi connectivity index (χ1v) is 11.6. The van der Waals surface area contributed by atoms with Gasteiger partial charge in [0.2, 0.25) is 0 Å². The molecule has 4 aromatic rings. The summed E-state index contributed by atoms with van der Waals surface area (Å²) in [6.07, 6.45) is 1.17. The summed E-state index contributed by atoms with van der Waals surface area (Å²) in [5, 5.41) is 27.2. The fraction of sp³-hybridized carbons (Fsp3) is 0.194. The molecule has 1 heterocycles. The Bertz CT molecular complexity index is 1490. The molecule has 4 rings (SSSR count). The number of rotatable bonds is 3. The number of nitriles is 2. The number of benzene rings is 3. The maximum atomic E-state index is 10.0. The van der Waals surface area contributed by atoms with E-state index in [2.05, 4.69) is 56.3 Å². The third kappa shape index (κ3) is 7.43. The van der Waals surface area contributed by atoms with Gasteiger partial charge < -0.3 is 5.11 Å². The van der Waals surface area contributed by atoms with Crippen LogP contribution in [0.15, 0.2) is 54.3 Å². The standard InChI is InChI=1S/C26H19N4.C5H8O2.Ir/c1-15-5-16(2)8-19(7-15)25-26(20-9-17(3)6-18(4)10-20)30-24-12-22(14-28)21(13-27)11-23(24)29-25;1-4(6)3-5(2)7;/h5-9,11-12H,1-4H3;3,6H,1-2H3;/q-1;;/b;4-3-;. The minimum absolute atomic E-state index is 0. The van der Waals surface area contributed by atoms with Crippen LogP contribution >= 0.6 is 0 Å². The number of carbonyl (C=O) groups excluding carboxylic acids is 1. The van der Waals surface area contributed by atoms with Gasteiger partial charge in [-0.15, -0.1) is 34.9 Å². The maximum absolute atomic E-state index is 10.0. The number of fused-ring (bicyclic) bond motifs is 1. The van der Waals surface area contributed by atoms with Gasteiger partial charge in [0.15, 0.2) is 5.78 Å². The van der Waals surface area contributed by atoms with Crippen molar-refractivity contribution in [3.63, 3.8) is 0 Å². The van der Waals surface area contributed by atoms with E-state index in [0.717, 1.165) is 39.1 Å². The predicted molar refractivity (Wildman–Crippen MR) is 145 cm³/mol. The van der Waals surface area contributed by atoms with Crippen LogP contribution in [-0.2, 0) is 24.9 Å². The molecule has 1 aromatic heterocycles. The molecule has 38 heavy (non-hydrogen) atoms. The molecule has 0 unspecified atom stereocenters. The van der Waals surface area contributed by atoms with Crippen molar-refractivity contribution >= 4 is 16.8 Å². The molecule has 3 aromatic carbocycles. The SMILES string of the molecule is CC(=O)/C=C(/C)O.Cc1[c-]c(-c2nc3cc(C#N)c(C#N)cc3nc2-c2cc(C)cc(C)c2)cc(C)c1.[Ir]. The van der Waals surface area contributed by atoms with Gasteiger partial charge in [0.1, 0.15) is 12.1 Å². The van der Waals surface area contributed by atoms with E-state index in [0.29, 0.717) is 27.9 Å². The number of carbonyl (C=O) groups is 1. The van der Waals surface area contributed by atoms with Gasteiger partial charge in [-0.25, -0.2) is 0 Å². The fourth-order valence-corrected chi connectivity index (χ4v) is 4.11. The number of ketones is 1. The van der Waals surface area contributed by atoms with Crippen LogP contribution in [0.25, 0.3) is 33.5 Å². The third-order valence-corrected chi connectivity index (χ3v) is 5.35. The van der Waals surface area contributed by atoms with Crippen LogP contribution < -0.4 is 0 Å². The maximum Gasteiger partial charge on any atom is 0.155 e. The third-order valence-electron chi connectivity index (χ3n) is 5.35. The van der Waals surface area contributed by atoms with Crippen LogP contribution in [0, 0.1) is 56.4 Å². The molecule has 193 valence electrons. The number of hydrogen-bond acceptors (Lipinski definition) is 6. The van der Waals surface area contributed by atoms with Gasteiger partial charge in [0, 0.05) is 31.9 Å². The Morgan fingerprint density at radius 3 is 1.74 bits per heavy atom. The van der Waals surface area contributed by atoms with Crippen molar-refractivity contribution < 1.29 is 30.0 Å². The minimum atomic E-state index is -0.125. The predicted octanol–water partition coefficient (Wildman–Crippen LogP) is 6.78. The molecule has 0 aliphatic rings. The van der Waals surface area contributed by atoms with E-state index >= 15 is 0 Å². The van der Waals surface area contributed by atoms with E-state index in [9.17, 15) is 15.3 Å². The fourth-order valence-electron chi connectivity index (χ4n) is 4.11. The van der Waals surface area contributed by atoms with Gasteiger partial charge in [-0.05, 0) is 45.4 Å². The Hall–Kier alpha value is -4.16. The van der Waals surface area contributed by atoms with Crippen LogP contribution in [0.5, 0.6) is 0 Å². The first-order valence-electron chi connectivity index (χ1n) is 11.6. The van der Waals surface area contributed by atoms with E-state index in [4.69, 9.17) is 15.1 Å². The summed E-state index contributed by atoms with van der Waals surface area (Å²) in [6, 6.07) is 21.2. The van der Waals surface area contributed by atoms with E-state index in [-0.39, 0.29) is 31.6 Å². The molecule has 0 atom stereocenters. The Labute approximate surface area is 236 Å². The zero-order valence-corrected chi connectivity index (χ0v) is 24.5. The Morgan fingerprint density at radius 2 is 1.32 bits per heavy atom. The van der Waals surface area contributed by atoms with Crippen LogP contribution in [0.4, 0.5) is 0 Å². The van der Waals surface area contributed by atoms with Crippen LogP contribution in [-0.4, -0.2) is 20.9 Å². The van der Waals surface area contributed by atoms with E-state index in [1.807, 2.05) is 19.9 Å². The molecule has 0 spiro atoms. The largest absolute Gasteiger partial charge is 0.512 e. The average Bonchev–Trinajstić information content (AvgIpc) is 2.80. The summed E-state index contributed by atoms with van der Waals surface area (Å²) in [6.45, 7) is 11.0. The van der Waals surface area contributed by atoms with E-state index in [1.165, 1.54) is 19.9 Å². The van der Waals surface area contributed by atoms with Gasteiger partial charge in [0.05, 0.1) is 33.6 Å². The van der Waals surface area contributed by atoms with E-state index < -0.39 is 0 Å².